The van der Waals surface area contributed by atoms with Gasteiger partial charge in [-0.15, -0.1) is 11.3 Å². The molecule has 1 saturated heterocycles. The molecule has 3 heterocycles. The quantitative estimate of drug-likeness (QED) is 0.841. The smallest absolute Gasteiger partial charge is 0.211 e. The van der Waals surface area contributed by atoms with E-state index in [1.165, 1.54) is 6.26 Å². The highest BCUT2D eigenvalue weighted by molar-refractivity contribution is 7.88. The van der Waals surface area contributed by atoms with Crippen LogP contribution < -0.4 is 4.90 Å². The molecule has 0 aliphatic carbocycles. The van der Waals surface area contributed by atoms with E-state index in [-0.39, 0.29) is 0 Å². The summed E-state index contributed by atoms with van der Waals surface area (Å²) in [4.78, 5) is 12.5. The summed E-state index contributed by atoms with van der Waals surface area (Å²) in [6, 6.07) is 2.37. The number of aromatic nitrogens is 2. The molecule has 2 aromatic rings. The summed E-state index contributed by atoms with van der Waals surface area (Å²) >= 11 is 1.63. The summed E-state index contributed by atoms with van der Waals surface area (Å²) in [6.45, 7) is 3.21. The average Bonchev–Trinajstić information content (AvgIpc) is 3.01. The van der Waals surface area contributed by atoms with Gasteiger partial charge in [-0.1, -0.05) is 6.92 Å². The molecule has 0 N–H and O–H groups in total. The lowest BCUT2D eigenvalue weighted by Crippen LogP contribution is -2.45. The maximum absolute atomic E-state index is 11.6. The Morgan fingerprint density at radius 1 is 1.35 bits per heavy atom. The molecule has 126 valence electrons. The summed E-state index contributed by atoms with van der Waals surface area (Å²) in [6.07, 6.45) is 3.73. The Balaban J connectivity index is 1.84. The third kappa shape index (κ3) is 3.34. The topological polar surface area (TPSA) is 66.4 Å². The molecule has 0 aromatic carbocycles. The van der Waals surface area contributed by atoms with Crippen molar-refractivity contribution in [3.8, 4) is 0 Å². The van der Waals surface area contributed by atoms with Crippen LogP contribution in [0.5, 0.6) is 0 Å². The monoisotopic (exact) mass is 354 g/mol. The van der Waals surface area contributed by atoms with Crippen LogP contribution >= 0.6 is 11.3 Å². The van der Waals surface area contributed by atoms with Crippen LogP contribution in [0, 0.1) is 0 Å². The number of piperidine rings is 1. The van der Waals surface area contributed by atoms with E-state index in [0.717, 1.165) is 41.1 Å². The summed E-state index contributed by atoms with van der Waals surface area (Å²) in [5.41, 5.74) is 0. The molecule has 0 atom stereocenters. The number of aryl methyl sites for hydroxylation is 1. The minimum atomic E-state index is -3.09. The molecule has 6 nitrogen and oxygen atoms in total. The molecule has 1 aliphatic rings. The molecule has 2 aromatic heterocycles. The maximum atomic E-state index is 11.6. The first-order valence-corrected chi connectivity index (χ1v) is 10.5. The fourth-order valence-electron chi connectivity index (χ4n) is 3.04. The summed E-state index contributed by atoms with van der Waals surface area (Å²) in [7, 11) is -1.03. The zero-order chi connectivity index (χ0) is 16.6. The van der Waals surface area contributed by atoms with Crippen molar-refractivity contribution in [2.45, 2.75) is 32.2 Å². The second kappa shape index (κ2) is 6.33. The Morgan fingerprint density at radius 3 is 2.65 bits per heavy atom. The van der Waals surface area contributed by atoms with Gasteiger partial charge in [0.2, 0.25) is 10.0 Å². The van der Waals surface area contributed by atoms with Gasteiger partial charge in [0.1, 0.15) is 16.5 Å². The zero-order valence-electron chi connectivity index (χ0n) is 13.7. The minimum absolute atomic E-state index is 0.302. The van der Waals surface area contributed by atoms with Crippen molar-refractivity contribution in [3.05, 3.63) is 17.3 Å². The molecule has 1 fully saturated rings. The Morgan fingerprint density at radius 2 is 2.04 bits per heavy atom. The van der Waals surface area contributed by atoms with Crippen molar-refractivity contribution in [2.75, 3.05) is 31.3 Å². The molecule has 0 bridgehead atoms. The molecule has 0 amide bonds. The number of anilines is 1. The second-order valence-electron chi connectivity index (χ2n) is 5.96. The fraction of sp³-hybridized carbons (Fsp3) is 0.600. The lowest BCUT2D eigenvalue weighted by Gasteiger charge is -2.36. The van der Waals surface area contributed by atoms with Crippen LogP contribution in [0.4, 0.5) is 5.82 Å². The highest BCUT2D eigenvalue weighted by Crippen LogP contribution is 2.30. The van der Waals surface area contributed by atoms with Gasteiger partial charge in [0.15, 0.2) is 0 Å². The van der Waals surface area contributed by atoms with E-state index in [4.69, 9.17) is 4.98 Å². The first kappa shape index (κ1) is 16.6. The SMILES string of the molecule is CCc1nc(N(C)C2CCN(S(C)(=O)=O)CC2)c2ccsc2n1. The van der Waals surface area contributed by atoms with Crippen molar-refractivity contribution in [2.24, 2.45) is 0 Å². The molecule has 3 rings (SSSR count). The number of hydrogen-bond acceptors (Lipinski definition) is 6. The van der Waals surface area contributed by atoms with Crippen molar-refractivity contribution in [1.29, 1.82) is 0 Å². The van der Waals surface area contributed by atoms with Gasteiger partial charge in [-0.25, -0.2) is 22.7 Å². The molecule has 8 heteroatoms. The molecule has 0 unspecified atom stereocenters. The van der Waals surface area contributed by atoms with E-state index in [0.29, 0.717) is 19.1 Å². The van der Waals surface area contributed by atoms with Crippen molar-refractivity contribution < 1.29 is 8.42 Å². The Bertz CT molecular complexity index is 795. The first-order valence-electron chi connectivity index (χ1n) is 7.82. The fourth-order valence-corrected chi connectivity index (χ4v) is 4.70. The van der Waals surface area contributed by atoms with Crippen molar-refractivity contribution in [3.63, 3.8) is 0 Å². The van der Waals surface area contributed by atoms with E-state index in [1.807, 2.05) is 5.38 Å². The molecular formula is C15H22N4O2S2. The van der Waals surface area contributed by atoms with Gasteiger partial charge in [0, 0.05) is 32.6 Å². The predicted octanol–water partition coefficient (Wildman–Crippen LogP) is 2.11. The number of rotatable bonds is 4. The van der Waals surface area contributed by atoms with E-state index in [9.17, 15) is 8.42 Å². The Hall–Kier alpha value is -1.25. The van der Waals surface area contributed by atoms with Crippen LogP contribution in [0.3, 0.4) is 0 Å². The van der Waals surface area contributed by atoms with E-state index >= 15 is 0 Å². The molecule has 0 spiro atoms. The van der Waals surface area contributed by atoms with Crippen molar-refractivity contribution in [1.82, 2.24) is 14.3 Å². The van der Waals surface area contributed by atoms with E-state index in [1.54, 1.807) is 15.6 Å². The number of nitrogens with zero attached hydrogens (tertiary/aromatic N) is 4. The normalized spacial score (nSPS) is 17.7. The van der Waals surface area contributed by atoms with E-state index < -0.39 is 10.0 Å². The summed E-state index contributed by atoms with van der Waals surface area (Å²) in [5.74, 6) is 1.82. The van der Waals surface area contributed by atoms with Crippen LogP contribution in [0.1, 0.15) is 25.6 Å². The standard InChI is InChI=1S/C15H22N4O2S2/c1-4-13-16-14(12-7-10-22-15(12)17-13)18(2)11-5-8-19(9-6-11)23(3,20)21/h7,10-11H,4-6,8-9H2,1-3H3. The Kier molecular flexibility index (Phi) is 4.57. The largest absolute Gasteiger partial charge is 0.356 e. The lowest BCUT2D eigenvalue weighted by atomic mass is 10.1. The average molecular weight is 355 g/mol. The molecule has 0 saturated carbocycles. The predicted molar refractivity (Wildman–Crippen MR) is 94.6 cm³/mol. The minimum Gasteiger partial charge on any atom is -0.356 e. The summed E-state index contributed by atoms with van der Waals surface area (Å²) in [5, 5.41) is 3.13. The highest BCUT2D eigenvalue weighted by Gasteiger charge is 2.28. The molecule has 0 radical (unpaired) electrons. The van der Waals surface area contributed by atoms with E-state index in [2.05, 4.69) is 29.9 Å². The Labute approximate surface area is 141 Å². The lowest BCUT2D eigenvalue weighted by molar-refractivity contribution is 0.316. The van der Waals surface area contributed by atoms with Gasteiger partial charge in [-0.2, -0.15) is 0 Å². The number of fused-ring (bicyclic) bond motifs is 1. The van der Waals surface area contributed by atoms with Crippen LogP contribution in [0.15, 0.2) is 11.4 Å². The number of thiophene rings is 1. The van der Waals surface area contributed by atoms with Gasteiger partial charge in [-0.05, 0) is 24.3 Å². The van der Waals surface area contributed by atoms with Crippen LogP contribution in [0.2, 0.25) is 0 Å². The molecule has 1 aliphatic heterocycles. The third-order valence-corrected chi connectivity index (χ3v) is 6.55. The number of sulfonamides is 1. The van der Waals surface area contributed by atoms with Gasteiger partial charge >= 0.3 is 0 Å². The molecular weight excluding hydrogens is 332 g/mol. The van der Waals surface area contributed by atoms with Gasteiger partial charge in [0.25, 0.3) is 0 Å². The van der Waals surface area contributed by atoms with Gasteiger partial charge in [0.05, 0.1) is 11.6 Å². The zero-order valence-corrected chi connectivity index (χ0v) is 15.3. The molecule has 23 heavy (non-hydrogen) atoms. The number of hydrogen-bond donors (Lipinski definition) is 0. The van der Waals surface area contributed by atoms with Gasteiger partial charge < -0.3 is 4.90 Å². The second-order valence-corrected chi connectivity index (χ2v) is 8.84. The summed E-state index contributed by atoms with van der Waals surface area (Å²) < 4.78 is 24.9. The highest BCUT2D eigenvalue weighted by atomic mass is 32.2. The van der Waals surface area contributed by atoms with Crippen LogP contribution in [-0.4, -0.2) is 55.1 Å². The first-order chi connectivity index (χ1) is 10.9. The van der Waals surface area contributed by atoms with Crippen LogP contribution in [0.25, 0.3) is 10.2 Å². The van der Waals surface area contributed by atoms with Gasteiger partial charge in [-0.3, -0.25) is 0 Å². The van der Waals surface area contributed by atoms with Crippen LogP contribution in [-0.2, 0) is 16.4 Å². The third-order valence-electron chi connectivity index (χ3n) is 4.44. The van der Waals surface area contributed by atoms with Crippen molar-refractivity contribution >= 4 is 37.4 Å². The maximum Gasteiger partial charge on any atom is 0.211 e.